The largest absolute Gasteiger partial charge is 0.389 e. The van der Waals surface area contributed by atoms with E-state index in [1.165, 1.54) is 19.3 Å². The van der Waals surface area contributed by atoms with Crippen LogP contribution in [0.4, 0.5) is 14.5 Å². The maximum absolute atomic E-state index is 15.7. The van der Waals surface area contributed by atoms with Crippen LogP contribution in [0.3, 0.4) is 0 Å². The minimum Gasteiger partial charge on any atom is -0.389 e. The molecule has 11 heteroatoms. The Bertz CT molecular complexity index is 1380. The summed E-state index contributed by atoms with van der Waals surface area (Å²) in [4.78, 5) is 8.57. The van der Waals surface area contributed by atoms with E-state index in [9.17, 15) is 14.8 Å². The Morgan fingerprint density at radius 2 is 2.15 bits per heavy atom. The van der Waals surface area contributed by atoms with Crippen LogP contribution in [0, 0.1) is 17.3 Å². The molecule has 2 unspecified atom stereocenters. The first-order chi connectivity index (χ1) is 16.3. The zero-order valence-electron chi connectivity index (χ0n) is 18.5. The molecule has 4 heterocycles. The number of benzene rings is 1. The van der Waals surface area contributed by atoms with Gasteiger partial charge < -0.3 is 15.7 Å². The minimum atomic E-state index is -1.28. The molecular formula is C23H22F2N8O. The number of rotatable bonds is 5. The van der Waals surface area contributed by atoms with Crippen molar-refractivity contribution >= 4 is 16.7 Å². The number of para-hydroxylation sites is 2. The average Bonchev–Trinajstić information content (AvgIpc) is 3.53. The lowest BCUT2D eigenvalue weighted by Crippen LogP contribution is -2.32. The molecule has 3 aromatic rings. The Hall–Kier alpha value is -3.75. The number of azo groups is 1. The third-order valence-electron chi connectivity index (χ3n) is 6.12. The second-order valence-electron chi connectivity index (χ2n) is 8.58. The number of halogens is 2. The van der Waals surface area contributed by atoms with Gasteiger partial charge in [-0.15, -0.1) is 5.11 Å². The number of nitrogens with zero attached hydrogens (tertiary/aromatic N) is 6. The van der Waals surface area contributed by atoms with E-state index in [1.54, 1.807) is 11.5 Å². The zero-order valence-corrected chi connectivity index (χ0v) is 18.5. The van der Waals surface area contributed by atoms with Crippen LogP contribution in [0.5, 0.6) is 0 Å². The smallest absolute Gasteiger partial charge is 0.238 e. The number of pyridine rings is 1. The monoisotopic (exact) mass is 464 g/mol. The number of imidazole rings is 1. The van der Waals surface area contributed by atoms with Crippen molar-refractivity contribution in [1.82, 2.24) is 19.9 Å². The molecule has 1 aromatic carbocycles. The lowest BCUT2D eigenvalue weighted by Gasteiger charge is -2.28. The van der Waals surface area contributed by atoms with Gasteiger partial charge in [0.25, 0.3) is 0 Å². The maximum atomic E-state index is 15.7. The van der Waals surface area contributed by atoms with Crippen LogP contribution in [-0.4, -0.2) is 44.9 Å². The van der Waals surface area contributed by atoms with E-state index in [0.717, 1.165) is 0 Å². The molecule has 1 fully saturated rings. The van der Waals surface area contributed by atoms with Crippen molar-refractivity contribution in [2.45, 2.75) is 37.7 Å². The van der Waals surface area contributed by atoms with Crippen LogP contribution in [0.25, 0.3) is 16.7 Å². The molecule has 174 valence electrons. The second kappa shape index (κ2) is 8.23. The van der Waals surface area contributed by atoms with Crippen LogP contribution >= 0.6 is 0 Å². The Kier molecular flexibility index (Phi) is 5.34. The highest BCUT2D eigenvalue weighted by Crippen LogP contribution is 2.43. The number of hydrogen-bond donors (Lipinski definition) is 3. The molecule has 5 rings (SSSR count). The fraction of sp³-hybridized carbons (Fsp3) is 0.348. The summed E-state index contributed by atoms with van der Waals surface area (Å²) in [6.45, 7) is 3.62. The third-order valence-corrected chi connectivity index (χ3v) is 6.12. The molecular weight excluding hydrogens is 442 g/mol. The van der Waals surface area contributed by atoms with Crippen molar-refractivity contribution in [3.8, 4) is 11.8 Å². The lowest BCUT2D eigenvalue weighted by atomic mass is 9.90. The Morgan fingerprint density at radius 3 is 2.82 bits per heavy atom. The van der Waals surface area contributed by atoms with Gasteiger partial charge >= 0.3 is 0 Å². The van der Waals surface area contributed by atoms with Crippen molar-refractivity contribution < 1.29 is 13.9 Å². The van der Waals surface area contributed by atoms with E-state index >= 15 is 4.39 Å². The predicted octanol–water partition coefficient (Wildman–Crippen LogP) is 3.42. The van der Waals surface area contributed by atoms with Gasteiger partial charge in [-0.2, -0.15) is 14.8 Å². The first-order valence-electron chi connectivity index (χ1n) is 10.8. The Morgan fingerprint density at radius 1 is 1.35 bits per heavy atom. The number of aliphatic hydroxyl groups is 1. The zero-order chi connectivity index (χ0) is 24.0. The van der Waals surface area contributed by atoms with E-state index in [2.05, 4.69) is 30.8 Å². The summed E-state index contributed by atoms with van der Waals surface area (Å²) in [5.41, 5.74) is 0.682. The van der Waals surface area contributed by atoms with Crippen LogP contribution in [0.15, 0.2) is 52.6 Å². The van der Waals surface area contributed by atoms with Gasteiger partial charge in [0.15, 0.2) is 5.70 Å². The normalized spacial score (nSPS) is 24.9. The summed E-state index contributed by atoms with van der Waals surface area (Å²) in [6, 6.07) is 8.51. The molecule has 3 N–H and O–H groups in total. The van der Waals surface area contributed by atoms with E-state index < -0.39 is 29.8 Å². The van der Waals surface area contributed by atoms with Crippen LogP contribution in [-0.2, 0) is 5.54 Å². The fourth-order valence-corrected chi connectivity index (χ4v) is 4.48. The van der Waals surface area contributed by atoms with Crippen molar-refractivity contribution in [3.05, 3.63) is 59.6 Å². The minimum absolute atomic E-state index is 0.0535. The SMILES string of the molecule is CC(O)c1c(C2(C)C=C(C#N)N=N2)nc(F)c(N[C@H]2CNC[C@H]2F)c1-n1cnc2ccccc21. The molecule has 2 aliphatic heterocycles. The predicted molar refractivity (Wildman–Crippen MR) is 121 cm³/mol. The summed E-state index contributed by atoms with van der Waals surface area (Å²) in [5, 5.41) is 34.1. The number of fused-ring (bicyclic) bond motifs is 1. The van der Waals surface area contributed by atoms with Crippen LogP contribution in [0.1, 0.15) is 31.2 Å². The number of aromatic nitrogens is 3. The lowest BCUT2D eigenvalue weighted by molar-refractivity contribution is 0.195. The maximum Gasteiger partial charge on any atom is 0.238 e. The van der Waals surface area contributed by atoms with E-state index in [4.69, 9.17) is 0 Å². The summed E-state index contributed by atoms with van der Waals surface area (Å²) < 4.78 is 31.8. The summed E-state index contributed by atoms with van der Waals surface area (Å²) in [7, 11) is 0. The van der Waals surface area contributed by atoms with Crippen molar-refractivity contribution in [1.29, 1.82) is 5.26 Å². The van der Waals surface area contributed by atoms with Gasteiger partial charge in [0.2, 0.25) is 5.95 Å². The average molecular weight is 464 g/mol. The number of nitriles is 1. The van der Waals surface area contributed by atoms with Gasteiger partial charge in [-0.25, -0.2) is 14.4 Å². The highest BCUT2D eigenvalue weighted by atomic mass is 19.1. The molecule has 0 radical (unpaired) electrons. The van der Waals surface area contributed by atoms with Gasteiger partial charge in [-0.1, -0.05) is 12.1 Å². The van der Waals surface area contributed by atoms with Gasteiger partial charge in [-0.05, 0) is 32.1 Å². The van der Waals surface area contributed by atoms with Gasteiger partial charge in [-0.3, -0.25) is 4.57 Å². The highest BCUT2D eigenvalue weighted by molar-refractivity contribution is 5.81. The van der Waals surface area contributed by atoms with Crippen molar-refractivity contribution in [3.63, 3.8) is 0 Å². The molecule has 9 nitrogen and oxygen atoms in total. The topological polar surface area (TPSA) is 124 Å². The summed E-state index contributed by atoms with van der Waals surface area (Å²) in [6.07, 6.45) is 0.648. The molecule has 0 bridgehead atoms. The Balaban J connectivity index is 1.82. The number of nitrogens with one attached hydrogen (secondary N) is 2. The molecule has 4 atom stereocenters. The number of anilines is 1. The number of aliphatic hydroxyl groups excluding tert-OH is 1. The molecule has 2 aromatic heterocycles. The van der Waals surface area contributed by atoms with Crippen LogP contribution in [0.2, 0.25) is 0 Å². The first kappa shape index (κ1) is 22.1. The molecule has 0 saturated carbocycles. The van der Waals surface area contributed by atoms with E-state index in [1.807, 2.05) is 30.3 Å². The number of allylic oxidation sites excluding steroid dienone is 1. The standard InChI is InChI=1S/C23H22F2N8O/c1-12(34)18-20(33-11-28-15-5-3-4-6-17(15)33)19(29-16-10-27-9-14(16)24)22(25)30-21(18)23(2)7-13(8-26)31-32-23/h3-7,11-12,14,16,27,29,34H,9-10H2,1-2H3/t12?,14-,16+,23?/m1/s1. The highest BCUT2D eigenvalue weighted by Gasteiger charge is 2.39. The summed E-state index contributed by atoms with van der Waals surface area (Å²) >= 11 is 0. The molecule has 2 aliphatic rings. The van der Waals surface area contributed by atoms with Crippen molar-refractivity contribution in [2.75, 3.05) is 18.4 Å². The van der Waals surface area contributed by atoms with Gasteiger partial charge in [0.1, 0.15) is 29.8 Å². The third kappa shape index (κ3) is 3.52. The summed E-state index contributed by atoms with van der Waals surface area (Å²) in [5.74, 6) is -0.887. The molecule has 0 spiro atoms. The first-order valence-corrected chi connectivity index (χ1v) is 10.8. The van der Waals surface area contributed by atoms with Gasteiger partial charge in [0, 0.05) is 18.7 Å². The quantitative estimate of drug-likeness (QED) is 0.497. The second-order valence-corrected chi connectivity index (χ2v) is 8.58. The van der Waals surface area contributed by atoms with E-state index in [-0.39, 0.29) is 34.9 Å². The fourth-order valence-electron chi connectivity index (χ4n) is 4.48. The van der Waals surface area contributed by atoms with E-state index in [0.29, 0.717) is 17.6 Å². The molecule has 0 amide bonds. The number of alkyl halides is 1. The van der Waals surface area contributed by atoms with Crippen LogP contribution < -0.4 is 10.6 Å². The Labute approximate surface area is 193 Å². The van der Waals surface area contributed by atoms with Gasteiger partial charge in [0.05, 0.1) is 34.6 Å². The number of hydrogen-bond acceptors (Lipinski definition) is 8. The molecule has 0 aliphatic carbocycles. The molecule has 1 saturated heterocycles. The molecule has 34 heavy (non-hydrogen) atoms. The van der Waals surface area contributed by atoms with Crippen molar-refractivity contribution in [2.24, 2.45) is 10.2 Å².